The molecule has 0 aliphatic heterocycles. The summed E-state index contributed by atoms with van der Waals surface area (Å²) in [5, 5.41) is 10.2. The van der Waals surface area contributed by atoms with Crippen molar-refractivity contribution in [3.05, 3.63) is 29.8 Å². The third-order valence-corrected chi connectivity index (χ3v) is 2.03. The van der Waals surface area contributed by atoms with Crippen molar-refractivity contribution in [2.75, 3.05) is 13.3 Å². The molecule has 0 heterocycles. The van der Waals surface area contributed by atoms with Crippen molar-refractivity contribution in [1.29, 1.82) is 5.41 Å². The number of rotatable bonds is 6. The predicted molar refractivity (Wildman–Crippen MR) is 62.8 cm³/mol. The van der Waals surface area contributed by atoms with E-state index in [2.05, 4.69) is 5.32 Å². The van der Waals surface area contributed by atoms with Gasteiger partial charge in [0.15, 0.2) is 0 Å². The Hall–Kier alpha value is -1.58. The highest BCUT2D eigenvalue weighted by Crippen LogP contribution is 2.12. The van der Waals surface area contributed by atoms with Gasteiger partial charge in [-0.25, -0.2) is 0 Å². The third-order valence-electron chi connectivity index (χ3n) is 2.03. The van der Waals surface area contributed by atoms with E-state index in [-0.39, 0.29) is 6.67 Å². The summed E-state index contributed by atoms with van der Waals surface area (Å²) < 4.78 is 17.2. The molecule has 0 unspecified atom stereocenters. The zero-order valence-corrected chi connectivity index (χ0v) is 9.42. The molecule has 0 spiro atoms. The lowest BCUT2D eigenvalue weighted by atomic mass is 10.2. The molecule has 88 valence electrons. The van der Waals surface area contributed by atoms with Gasteiger partial charge in [0.25, 0.3) is 0 Å². The van der Waals surface area contributed by atoms with Crippen molar-refractivity contribution in [3.63, 3.8) is 0 Å². The van der Waals surface area contributed by atoms with Gasteiger partial charge in [-0.05, 0) is 24.6 Å². The third kappa shape index (κ3) is 4.77. The number of halogens is 1. The second kappa shape index (κ2) is 6.82. The van der Waals surface area contributed by atoms with Gasteiger partial charge < -0.3 is 10.1 Å². The zero-order valence-electron chi connectivity index (χ0n) is 9.42. The minimum atomic E-state index is -0.347. The Morgan fingerprint density at radius 1 is 1.38 bits per heavy atom. The van der Waals surface area contributed by atoms with Crippen molar-refractivity contribution in [2.45, 2.75) is 19.9 Å². The first-order valence-corrected chi connectivity index (χ1v) is 5.29. The number of alkyl halides is 1. The minimum absolute atomic E-state index is 0.347. The average Bonchev–Trinajstić information content (AvgIpc) is 2.28. The summed E-state index contributed by atoms with van der Waals surface area (Å²) in [5.41, 5.74) is 1.09. The monoisotopic (exact) mass is 224 g/mol. The number of benzene rings is 1. The second-order valence-electron chi connectivity index (χ2n) is 3.51. The Bertz CT molecular complexity index is 324. The van der Waals surface area contributed by atoms with Gasteiger partial charge in [0.2, 0.25) is 0 Å². The van der Waals surface area contributed by atoms with Crippen LogP contribution in [0.25, 0.3) is 0 Å². The lowest BCUT2D eigenvalue weighted by Crippen LogP contribution is -2.18. The van der Waals surface area contributed by atoms with Crippen LogP contribution in [0.1, 0.15) is 18.9 Å². The molecule has 16 heavy (non-hydrogen) atoms. The fraction of sp³-hybridized carbons (Fsp3) is 0.417. The fourth-order valence-corrected chi connectivity index (χ4v) is 1.18. The summed E-state index contributed by atoms with van der Waals surface area (Å²) in [6.07, 6.45) is 0.427. The van der Waals surface area contributed by atoms with E-state index in [1.54, 1.807) is 6.92 Å². The highest BCUT2D eigenvalue weighted by Gasteiger charge is 1.96. The molecule has 0 aromatic heterocycles. The molecule has 0 radical (unpaired) electrons. The van der Waals surface area contributed by atoms with E-state index in [1.165, 1.54) is 0 Å². The van der Waals surface area contributed by atoms with Crippen LogP contribution in [0.5, 0.6) is 5.75 Å². The number of hydrogen-bond donors (Lipinski definition) is 2. The van der Waals surface area contributed by atoms with E-state index in [4.69, 9.17) is 10.1 Å². The molecular formula is C12H17FN2O. The lowest BCUT2D eigenvalue weighted by molar-refractivity contribution is 0.289. The maximum Gasteiger partial charge on any atom is 0.119 e. The Balaban J connectivity index is 2.38. The summed E-state index contributed by atoms with van der Waals surface area (Å²) in [6, 6.07) is 7.57. The van der Waals surface area contributed by atoms with Gasteiger partial charge in [0.05, 0.1) is 19.1 Å². The van der Waals surface area contributed by atoms with Crippen LogP contribution >= 0.6 is 0 Å². The van der Waals surface area contributed by atoms with Gasteiger partial charge >= 0.3 is 0 Å². The Kier molecular flexibility index (Phi) is 5.32. The first-order valence-electron chi connectivity index (χ1n) is 5.29. The maximum atomic E-state index is 11.8. The molecule has 0 aliphatic rings. The van der Waals surface area contributed by atoms with Crippen LogP contribution in [-0.2, 0) is 6.54 Å². The first kappa shape index (κ1) is 12.5. The van der Waals surface area contributed by atoms with Crippen LogP contribution in [-0.4, -0.2) is 19.1 Å². The summed E-state index contributed by atoms with van der Waals surface area (Å²) in [7, 11) is 0. The summed E-state index contributed by atoms with van der Waals surface area (Å²) in [4.78, 5) is 0. The van der Waals surface area contributed by atoms with Crippen molar-refractivity contribution in [1.82, 2.24) is 5.32 Å². The molecule has 1 aromatic carbocycles. The normalized spacial score (nSPS) is 9.88. The first-order chi connectivity index (χ1) is 7.72. The average molecular weight is 224 g/mol. The van der Waals surface area contributed by atoms with E-state index < -0.39 is 0 Å². The molecule has 0 saturated carbocycles. The smallest absolute Gasteiger partial charge is 0.119 e. The molecule has 0 aliphatic carbocycles. The molecule has 1 aromatic rings. The van der Waals surface area contributed by atoms with Gasteiger partial charge in [-0.3, -0.25) is 9.80 Å². The molecule has 3 nitrogen and oxygen atoms in total. The summed E-state index contributed by atoms with van der Waals surface area (Å²) in [6.45, 7) is 2.41. The molecule has 0 amide bonds. The standard InChI is InChI=1S/C12H17FN2O/c1-10(14)15-9-11-3-5-12(6-4-11)16-8-2-7-13/h3-6H,2,7-9H2,1H3,(H2,14,15). The maximum absolute atomic E-state index is 11.8. The van der Waals surface area contributed by atoms with Crippen molar-refractivity contribution in [2.24, 2.45) is 0 Å². The van der Waals surface area contributed by atoms with Gasteiger partial charge in [-0.2, -0.15) is 0 Å². The molecule has 2 N–H and O–H groups in total. The van der Waals surface area contributed by atoms with Crippen molar-refractivity contribution in [3.8, 4) is 5.75 Å². The SMILES string of the molecule is CC(=N)NCc1ccc(OCCCF)cc1. The Morgan fingerprint density at radius 3 is 2.62 bits per heavy atom. The van der Waals surface area contributed by atoms with Crippen LogP contribution in [0, 0.1) is 5.41 Å². The molecule has 1 rings (SSSR count). The fourth-order valence-electron chi connectivity index (χ4n) is 1.18. The van der Waals surface area contributed by atoms with E-state index in [9.17, 15) is 4.39 Å². The molecule has 0 atom stereocenters. The second-order valence-corrected chi connectivity index (χ2v) is 3.51. The van der Waals surface area contributed by atoms with Gasteiger partial charge in [0.1, 0.15) is 5.75 Å². The van der Waals surface area contributed by atoms with Crippen molar-refractivity contribution >= 4 is 5.84 Å². The summed E-state index contributed by atoms with van der Waals surface area (Å²) in [5.74, 6) is 1.20. The molecule has 0 saturated heterocycles. The zero-order chi connectivity index (χ0) is 11.8. The topological polar surface area (TPSA) is 45.1 Å². The number of ether oxygens (including phenoxy) is 1. The number of amidine groups is 1. The van der Waals surface area contributed by atoms with E-state index in [0.717, 1.165) is 11.3 Å². The van der Waals surface area contributed by atoms with Crippen LogP contribution in [0.15, 0.2) is 24.3 Å². The van der Waals surface area contributed by atoms with E-state index in [1.807, 2.05) is 24.3 Å². The number of nitrogens with one attached hydrogen (secondary N) is 2. The largest absolute Gasteiger partial charge is 0.494 e. The predicted octanol–water partition coefficient (Wildman–Crippen LogP) is 2.51. The van der Waals surface area contributed by atoms with Crippen LogP contribution in [0.2, 0.25) is 0 Å². The quantitative estimate of drug-likeness (QED) is 0.443. The van der Waals surface area contributed by atoms with Gasteiger partial charge in [-0.1, -0.05) is 12.1 Å². The highest BCUT2D eigenvalue weighted by molar-refractivity contribution is 5.75. The highest BCUT2D eigenvalue weighted by atomic mass is 19.1. The number of hydrogen-bond acceptors (Lipinski definition) is 2. The van der Waals surface area contributed by atoms with E-state index in [0.29, 0.717) is 25.4 Å². The molecule has 4 heteroatoms. The molecule has 0 fully saturated rings. The van der Waals surface area contributed by atoms with E-state index >= 15 is 0 Å². The minimum Gasteiger partial charge on any atom is -0.494 e. The van der Waals surface area contributed by atoms with Gasteiger partial charge in [0, 0.05) is 13.0 Å². The Labute approximate surface area is 95.1 Å². The lowest BCUT2D eigenvalue weighted by Gasteiger charge is -2.07. The van der Waals surface area contributed by atoms with Crippen LogP contribution in [0.4, 0.5) is 4.39 Å². The molecular weight excluding hydrogens is 207 g/mol. The van der Waals surface area contributed by atoms with Crippen LogP contribution < -0.4 is 10.1 Å². The van der Waals surface area contributed by atoms with Crippen LogP contribution in [0.3, 0.4) is 0 Å². The van der Waals surface area contributed by atoms with Crippen molar-refractivity contribution < 1.29 is 9.13 Å². The van der Waals surface area contributed by atoms with Gasteiger partial charge in [-0.15, -0.1) is 0 Å². The summed E-state index contributed by atoms with van der Waals surface area (Å²) >= 11 is 0. The Morgan fingerprint density at radius 2 is 2.06 bits per heavy atom. The molecule has 0 bridgehead atoms.